The highest BCUT2D eigenvalue weighted by Gasteiger charge is 2.12. The molecule has 150 valence electrons. The first-order valence-corrected chi connectivity index (χ1v) is 9.79. The maximum absolute atomic E-state index is 12.7. The lowest BCUT2D eigenvalue weighted by molar-refractivity contribution is 0.102. The predicted octanol–water partition coefficient (Wildman–Crippen LogP) is 5.26. The highest BCUT2D eigenvalue weighted by Crippen LogP contribution is 2.29. The summed E-state index contributed by atoms with van der Waals surface area (Å²) in [4.78, 5) is 16.7. The Labute approximate surface area is 171 Å². The van der Waals surface area contributed by atoms with E-state index in [-0.39, 0.29) is 5.91 Å². The molecule has 2 aromatic carbocycles. The van der Waals surface area contributed by atoms with E-state index in [1.807, 2.05) is 24.3 Å². The van der Waals surface area contributed by atoms with Crippen LogP contribution in [0.3, 0.4) is 0 Å². The highest BCUT2D eigenvalue weighted by molar-refractivity contribution is 6.04. The number of nitrogens with one attached hydrogen (secondary N) is 1. The molecule has 3 aromatic rings. The summed E-state index contributed by atoms with van der Waals surface area (Å²) >= 11 is 0. The molecule has 1 heterocycles. The van der Waals surface area contributed by atoms with Crippen molar-refractivity contribution in [2.24, 2.45) is 0 Å². The van der Waals surface area contributed by atoms with E-state index in [1.165, 1.54) is 18.4 Å². The normalized spacial score (nSPS) is 10.4. The largest absolute Gasteiger partial charge is 0.493 e. The summed E-state index contributed by atoms with van der Waals surface area (Å²) in [5.41, 5.74) is 3.54. The zero-order valence-electron chi connectivity index (χ0n) is 16.9. The molecule has 1 aromatic heterocycles. The van der Waals surface area contributed by atoms with Crippen molar-refractivity contribution >= 4 is 11.6 Å². The summed E-state index contributed by atoms with van der Waals surface area (Å²) in [7, 11) is 1.58. The van der Waals surface area contributed by atoms with Crippen molar-refractivity contribution in [1.82, 2.24) is 4.98 Å². The molecule has 0 unspecified atom stereocenters. The van der Waals surface area contributed by atoms with E-state index >= 15 is 0 Å². The fraction of sp³-hybridized carbons (Fsp3) is 0.250. The van der Waals surface area contributed by atoms with Crippen LogP contribution in [0.25, 0.3) is 0 Å². The van der Waals surface area contributed by atoms with Gasteiger partial charge in [-0.15, -0.1) is 0 Å². The van der Waals surface area contributed by atoms with E-state index in [2.05, 4.69) is 29.4 Å². The first-order chi connectivity index (χ1) is 14.2. The Bertz CT molecular complexity index is 925. The lowest BCUT2D eigenvalue weighted by Crippen LogP contribution is -2.12. The van der Waals surface area contributed by atoms with Crippen molar-refractivity contribution in [2.75, 3.05) is 12.4 Å². The average Bonchev–Trinajstić information content (AvgIpc) is 2.77. The van der Waals surface area contributed by atoms with Crippen LogP contribution in [-0.4, -0.2) is 18.0 Å². The minimum Gasteiger partial charge on any atom is -0.493 e. The number of nitrogens with zero attached hydrogens (tertiary/aromatic N) is 1. The van der Waals surface area contributed by atoms with Crippen molar-refractivity contribution in [1.29, 1.82) is 0 Å². The topological polar surface area (TPSA) is 60.5 Å². The summed E-state index contributed by atoms with van der Waals surface area (Å²) in [6.45, 7) is 2.54. The second-order valence-electron chi connectivity index (χ2n) is 6.76. The van der Waals surface area contributed by atoms with Crippen LogP contribution < -0.4 is 14.8 Å². The van der Waals surface area contributed by atoms with E-state index in [9.17, 15) is 4.79 Å². The number of benzene rings is 2. The Morgan fingerprint density at radius 2 is 1.72 bits per heavy atom. The molecule has 1 N–H and O–H groups in total. The van der Waals surface area contributed by atoms with Crippen LogP contribution in [0, 0.1) is 0 Å². The Hall–Kier alpha value is -3.34. The number of unbranched alkanes of at least 4 members (excludes halogenated alkanes) is 1. The van der Waals surface area contributed by atoms with E-state index in [4.69, 9.17) is 9.47 Å². The number of hydrogen-bond donors (Lipinski definition) is 1. The van der Waals surface area contributed by atoms with Crippen LogP contribution in [0.15, 0.2) is 67.0 Å². The molecule has 0 aliphatic heterocycles. The molecular weight excluding hydrogens is 364 g/mol. The molecule has 0 fully saturated rings. The molecule has 3 rings (SSSR count). The van der Waals surface area contributed by atoms with Gasteiger partial charge in [-0.25, -0.2) is 0 Å². The van der Waals surface area contributed by atoms with Gasteiger partial charge >= 0.3 is 0 Å². The van der Waals surface area contributed by atoms with Crippen molar-refractivity contribution in [3.8, 4) is 11.5 Å². The minimum atomic E-state index is -0.192. The van der Waals surface area contributed by atoms with Gasteiger partial charge in [-0.2, -0.15) is 0 Å². The second-order valence-corrected chi connectivity index (χ2v) is 6.76. The Morgan fingerprint density at radius 1 is 0.966 bits per heavy atom. The minimum absolute atomic E-state index is 0.192. The molecule has 0 saturated heterocycles. The van der Waals surface area contributed by atoms with Gasteiger partial charge in [0.1, 0.15) is 6.61 Å². The molecule has 0 saturated carbocycles. The molecule has 5 heteroatoms. The molecule has 1 amide bonds. The van der Waals surface area contributed by atoms with E-state index in [1.54, 1.807) is 37.7 Å². The second kappa shape index (κ2) is 10.3. The molecule has 0 spiro atoms. The number of amides is 1. The Kier molecular flexibility index (Phi) is 7.22. The summed E-state index contributed by atoms with van der Waals surface area (Å²) in [6, 6.07) is 16.9. The van der Waals surface area contributed by atoms with E-state index < -0.39 is 0 Å². The van der Waals surface area contributed by atoms with Crippen LogP contribution in [0.1, 0.15) is 41.3 Å². The standard InChI is InChI=1S/C24H26N2O3/c1-3-4-5-18-6-9-21(10-7-18)26-24(27)20-8-11-22(28-2)23(16-20)29-17-19-12-14-25-15-13-19/h6-16H,3-5,17H2,1-2H3,(H,26,27). The zero-order chi connectivity index (χ0) is 20.5. The number of aromatic nitrogens is 1. The molecule has 0 atom stereocenters. The number of methoxy groups -OCH3 is 1. The number of aryl methyl sites for hydroxylation is 1. The number of rotatable bonds is 9. The summed E-state index contributed by atoms with van der Waals surface area (Å²) in [5.74, 6) is 0.908. The number of anilines is 1. The van der Waals surface area contributed by atoms with Gasteiger partial charge in [0.15, 0.2) is 11.5 Å². The lowest BCUT2D eigenvalue weighted by atomic mass is 10.1. The number of hydrogen-bond acceptors (Lipinski definition) is 4. The third kappa shape index (κ3) is 5.82. The Morgan fingerprint density at radius 3 is 2.41 bits per heavy atom. The van der Waals surface area contributed by atoms with E-state index in [0.29, 0.717) is 23.7 Å². The van der Waals surface area contributed by atoms with E-state index in [0.717, 1.165) is 17.7 Å². The maximum atomic E-state index is 12.7. The van der Waals surface area contributed by atoms with Gasteiger partial charge < -0.3 is 14.8 Å². The van der Waals surface area contributed by atoms with Gasteiger partial charge in [0, 0.05) is 23.6 Å². The fourth-order valence-electron chi connectivity index (χ4n) is 2.91. The van der Waals surface area contributed by atoms with Crippen LogP contribution in [0.2, 0.25) is 0 Å². The molecular formula is C24H26N2O3. The number of carbonyl (C=O) groups excluding carboxylic acids is 1. The fourth-order valence-corrected chi connectivity index (χ4v) is 2.91. The molecule has 29 heavy (non-hydrogen) atoms. The summed E-state index contributed by atoms with van der Waals surface area (Å²) in [5, 5.41) is 2.94. The van der Waals surface area contributed by atoms with Crippen LogP contribution in [0.4, 0.5) is 5.69 Å². The van der Waals surface area contributed by atoms with Crippen molar-refractivity contribution in [3.63, 3.8) is 0 Å². The first-order valence-electron chi connectivity index (χ1n) is 9.79. The van der Waals surface area contributed by atoms with Crippen LogP contribution in [-0.2, 0) is 13.0 Å². The Balaban J connectivity index is 1.68. The molecule has 5 nitrogen and oxygen atoms in total. The van der Waals surface area contributed by atoms with Gasteiger partial charge in [-0.05, 0) is 66.4 Å². The highest BCUT2D eigenvalue weighted by atomic mass is 16.5. The lowest BCUT2D eigenvalue weighted by Gasteiger charge is -2.13. The zero-order valence-corrected chi connectivity index (χ0v) is 16.9. The third-order valence-corrected chi connectivity index (χ3v) is 4.60. The van der Waals surface area contributed by atoms with Crippen LogP contribution in [0.5, 0.6) is 11.5 Å². The molecule has 0 aliphatic rings. The number of pyridine rings is 1. The maximum Gasteiger partial charge on any atom is 0.255 e. The number of carbonyl (C=O) groups is 1. The molecule has 0 bridgehead atoms. The quantitative estimate of drug-likeness (QED) is 0.541. The smallest absolute Gasteiger partial charge is 0.255 e. The molecule has 0 aliphatic carbocycles. The number of ether oxygens (including phenoxy) is 2. The predicted molar refractivity (Wildman–Crippen MR) is 115 cm³/mol. The van der Waals surface area contributed by atoms with Gasteiger partial charge in [0.2, 0.25) is 0 Å². The summed E-state index contributed by atoms with van der Waals surface area (Å²) < 4.78 is 11.2. The summed E-state index contributed by atoms with van der Waals surface area (Å²) in [6.07, 6.45) is 6.82. The van der Waals surface area contributed by atoms with Gasteiger partial charge in [-0.3, -0.25) is 9.78 Å². The van der Waals surface area contributed by atoms with Crippen molar-refractivity contribution in [3.05, 3.63) is 83.7 Å². The average molecular weight is 390 g/mol. The van der Waals surface area contributed by atoms with Crippen LogP contribution >= 0.6 is 0 Å². The van der Waals surface area contributed by atoms with Gasteiger partial charge in [0.05, 0.1) is 7.11 Å². The van der Waals surface area contributed by atoms with Crippen molar-refractivity contribution < 1.29 is 14.3 Å². The van der Waals surface area contributed by atoms with Crippen molar-refractivity contribution in [2.45, 2.75) is 32.8 Å². The monoisotopic (exact) mass is 390 g/mol. The molecule has 0 radical (unpaired) electrons. The SMILES string of the molecule is CCCCc1ccc(NC(=O)c2ccc(OC)c(OCc3ccncc3)c2)cc1. The first kappa shape index (κ1) is 20.4. The van der Waals surface area contributed by atoms with Gasteiger partial charge in [-0.1, -0.05) is 25.5 Å². The third-order valence-electron chi connectivity index (χ3n) is 4.60. The van der Waals surface area contributed by atoms with Gasteiger partial charge in [0.25, 0.3) is 5.91 Å².